The third-order valence-electron chi connectivity index (χ3n) is 5.87. The van der Waals surface area contributed by atoms with Crippen LogP contribution in [-0.4, -0.2) is 36.1 Å². The van der Waals surface area contributed by atoms with Crippen LogP contribution in [0.1, 0.15) is 42.5 Å². The zero-order valence-corrected chi connectivity index (χ0v) is 19.1. The Hall–Kier alpha value is -3.12. The van der Waals surface area contributed by atoms with Crippen LogP contribution in [0.3, 0.4) is 0 Å². The first-order valence-corrected chi connectivity index (χ1v) is 11.3. The zero-order valence-electron chi connectivity index (χ0n) is 18.3. The predicted molar refractivity (Wildman–Crippen MR) is 118 cm³/mol. The Morgan fingerprint density at radius 1 is 1.21 bits per heavy atom. The van der Waals surface area contributed by atoms with Crippen LogP contribution in [0.2, 0.25) is 0 Å². The number of hydrogen-bond donors (Lipinski definition) is 3. The van der Waals surface area contributed by atoms with Gasteiger partial charge in [0.25, 0.3) is 0 Å². The summed E-state index contributed by atoms with van der Waals surface area (Å²) in [5, 5.41) is 23.8. The molecular formula is C22H22F3N5O3S. The van der Waals surface area contributed by atoms with E-state index in [-0.39, 0.29) is 11.7 Å². The summed E-state index contributed by atoms with van der Waals surface area (Å²) >= 11 is 1.26. The minimum Gasteiger partial charge on any atom is -0.481 e. The second kappa shape index (κ2) is 8.91. The lowest BCUT2D eigenvalue weighted by molar-refractivity contribution is -0.148. The fourth-order valence-electron chi connectivity index (χ4n) is 4.19. The minimum atomic E-state index is -4.59. The van der Waals surface area contributed by atoms with Crippen LogP contribution >= 0.6 is 11.3 Å². The highest BCUT2D eigenvalue weighted by molar-refractivity contribution is 7.15. The number of thiazole rings is 1. The Morgan fingerprint density at radius 3 is 2.65 bits per heavy atom. The molecule has 3 N–H and O–H groups in total. The number of aromatic nitrogens is 4. The van der Waals surface area contributed by atoms with Crippen LogP contribution < -0.4 is 5.32 Å². The first-order valence-electron chi connectivity index (χ1n) is 10.5. The molecule has 34 heavy (non-hydrogen) atoms. The molecule has 3 aromatic rings. The third kappa shape index (κ3) is 5.02. The average molecular weight is 494 g/mol. The molecule has 0 bridgehead atoms. The average Bonchev–Trinajstić information content (AvgIpc) is 3.24. The number of carboxylic acid groups (broad SMARTS) is 1. The molecule has 3 heterocycles. The van der Waals surface area contributed by atoms with E-state index in [9.17, 15) is 28.2 Å². The Labute approximate surface area is 197 Å². The van der Waals surface area contributed by atoms with Crippen molar-refractivity contribution in [3.05, 3.63) is 47.0 Å². The normalized spacial score (nSPS) is 23.0. The molecule has 180 valence electrons. The highest BCUT2D eigenvalue weighted by Crippen LogP contribution is 2.45. The van der Waals surface area contributed by atoms with Gasteiger partial charge in [-0.05, 0) is 49.8 Å². The van der Waals surface area contributed by atoms with E-state index in [1.165, 1.54) is 11.3 Å². The highest BCUT2D eigenvalue weighted by atomic mass is 32.1. The molecule has 4 rings (SSSR count). The number of aliphatic hydroxyl groups is 1. The maximum atomic E-state index is 12.9. The number of aryl methyl sites for hydroxylation is 1. The lowest BCUT2D eigenvalue weighted by Crippen LogP contribution is -2.38. The van der Waals surface area contributed by atoms with Crippen molar-refractivity contribution in [3.63, 3.8) is 0 Å². The van der Waals surface area contributed by atoms with Gasteiger partial charge in [-0.15, -0.1) is 11.3 Å². The largest absolute Gasteiger partial charge is 0.481 e. The van der Waals surface area contributed by atoms with Gasteiger partial charge in [0, 0.05) is 12.3 Å². The monoisotopic (exact) mass is 493 g/mol. The van der Waals surface area contributed by atoms with Crippen molar-refractivity contribution in [2.75, 3.05) is 5.32 Å². The zero-order chi connectivity index (χ0) is 24.7. The maximum Gasteiger partial charge on any atom is 0.433 e. The molecule has 1 aliphatic rings. The van der Waals surface area contributed by atoms with Crippen molar-refractivity contribution in [3.8, 4) is 10.6 Å². The van der Waals surface area contributed by atoms with Gasteiger partial charge in [0.1, 0.15) is 34.3 Å². The van der Waals surface area contributed by atoms with Crippen LogP contribution in [0.5, 0.6) is 0 Å². The number of alkyl halides is 3. The van der Waals surface area contributed by atoms with Gasteiger partial charge in [0.05, 0.1) is 16.5 Å². The van der Waals surface area contributed by atoms with E-state index in [1.54, 1.807) is 18.3 Å². The SMILES string of the molecule is Cc1cc(Nc2cc(C(F)(F)F)ncn2)nc(-c2cnc([C@@]3(O)CCC(C(=O)O)[C@@H](C)C3)s2)c1. The smallest absolute Gasteiger partial charge is 0.433 e. The summed E-state index contributed by atoms with van der Waals surface area (Å²) in [7, 11) is 0. The summed E-state index contributed by atoms with van der Waals surface area (Å²) in [6, 6.07) is 4.28. The van der Waals surface area contributed by atoms with Crippen LogP contribution in [0.15, 0.2) is 30.7 Å². The van der Waals surface area contributed by atoms with Crippen LogP contribution in [0.25, 0.3) is 10.6 Å². The van der Waals surface area contributed by atoms with Gasteiger partial charge in [-0.1, -0.05) is 6.92 Å². The van der Waals surface area contributed by atoms with E-state index in [4.69, 9.17) is 0 Å². The van der Waals surface area contributed by atoms with Crippen molar-refractivity contribution in [2.24, 2.45) is 11.8 Å². The molecule has 0 amide bonds. The second-order valence-electron chi connectivity index (χ2n) is 8.55. The second-order valence-corrected chi connectivity index (χ2v) is 9.58. The molecule has 8 nitrogen and oxygen atoms in total. The Kier molecular flexibility index (Phi) is 6.30. The van der Waals surface area contributed by atoms with E-state index >= 15 is 0 Å². The van der Waals surface area contributed by atoms with Crippen molar-refractivity contribution >= 4 is 28.9 Å². The van der Waals surface area contributed by atoms with Gasteiger partial charge in [-0.2, -0.15) is 13.2 Å². The molecule has 1 fully saturated rings. The fraction of sp³-hybridized carbons (Fsp3) is 0.409. The highest BCUT2D eigenvalue weighted by Gasteiger charge is 2.43. The summed E-state index contributed by atoms with van der Waals surface area (Å²) in [4.78, 5) is 28.0. The standard InChI is InChI=1S/C22H22F3N5O3S/c1-11-5-14(29-18(6-11)30-17-7-16(22(23,24)25)27-10-28-17)15-9-26-20(34-15)21(33)4-3-13(19(31)32)12(2)8-21/h5-7,9-10,12-13,33H,3-4,8H2,1-2H3,(H,31,32)(H,27,28,29,30)/t12-,13?,21+/m0/s1. The summed E-state index contributed by atoms with van der Waals surface area (Å²) in [6.45, 7) is 3.64. The molecule has 0 radical (unpaired) electrons. The number of carboxylic acids is 1. The number of anilines is 2. The Bertz CT molecular complexity index is 1220. The van der Waals surface area contributed by atoms with Crippen LogP contribution in [0, 0.1) is 18.8 Å². The number of hydrogen-bond acceptors (Lipinski definition) is 8. The molecule has 1 unspecified atom stereocenters. The van der Waals surface area contributed by atoms with E-state index in [0.29, 0.717) is 40.7 Å². The van der Waals surface area contributed by atoms with Crippen LogP contribution in [0.4, 0.5) is 24.8 Å². The molecule has 0 aromatic carbocycles. The summed E-state index contributed by atoms with van der Waals surface area (Å²) in [5.41, 5.74) is -0.937. The number of pyridine rings is 1. The van der Waals surface area contributed by atoms with E-state index in [2.05, 4.69) is 25.3 Å². The van der Waals surface area contributed by atoms with Crippen molar-refractivity contribution in [2.45, 2.75) is 44.9 Å². The number of rotatable bonds is 5. The van der Waals surface area contributed by atoms with Gasteiger partial charge in [0.15, 0.2) is 0 Å². The molecule has 0 saturated heterocycles. The molecule has 3 atom stereocenters. The van der Waals surface area contributed by atoms with Gasteiger partial charge in [-0.3, -0.25) is 4.79 Å². The first-order chi connectivity index (χ1) is 15.9. The number of carbonyl (C=O) groups is 1. The molecule has 0 aliphatic heterocycles. The van der Waals surface area contributed by atoms with Crippen molar-refractivity contribution in [1.82, 2.24) is 19.9 Å². The van der Waals surface area contributed by atoms with E-state index < -0.39 is 29.4 Å². The van der Waals surface area contributed by atoms with E-state index in [1.807, 2.05) is 13.8 Å². The topological polar surface area (TPSA) is 121 Å². The van der Waals surface area contributed by atoms with Crippen molar-refractivity contribution in [1.29, 1.82) is 0 Å². The third-order valence-corrected chi connectivity index (χ3v) is 7.09. The minimum absolute atomic E-state index is 0.0464. The number of halogens is 3. The number of nitrogens with zero attached hydrogens (tertiary/aromatic N) is 4. The Morgan fingerprint density at radius 2 is 1.97 bits per heavy atom. The molecule has 1 saturated carbocycles. The number of nitrogens with one attached hydrogen (secondary N) is 1. The molecular weight excluding hydrogens is 471 g/mol. The van der Waals surface area contributed by atoms with Crippen molar-refractivity contribution < 1.29 is 28.2 Å². The summed E-state index contributed by atoms with van der Waals surface area (Å²) < 4.78 is 38.8. The summed E-state index contributed by atoms with van der Waals surface area (Å²) in [5.74, 6) is -1.30. The summed E-state index contributed by atoms with van der Waals surface area (Å²) in [6.07, 6.45) is -1.23. The maximum absolute atomic E-state index is 12.9. The lowest BCUT2D eigenvalue weighted by Gasteiger charge is -2.37. The molecule has 3 aromatic heterocycles. The number of aliphatic carboxylic acids is 1. The molecule has 12 heteroatoms. The van der Waals surface area contributed by atoms with E-state index in [0.717, 1.165) is 18.0 Å². The van der Waals surface area contributed by atoms with Gasteiger partial charge in [-0.25, -0.2) is 19.9 Å². The Balaban J connectivity index is 1.57. The first kappa shape index (κ1) is 24.0. The predicted octanol–water partition coefficient (Wildman–Crippen LogP) is 4.77. The molecule has 0 spiro atoms. The quantitative estimate of drug-likeness (QED) is 0.465. The van der Waals surface area contributed by atoms with Gasteiger partial charge >= 0.3 is 12.1 Å². The fourth-order valence-corrected chi connectivity index (χ4v) is 5.20. The molecule has 1 aliphatic carbocycles. The lowest BCUT2D eigenvalue weighted by atomic mass is 9.72. The van der Waals surface area contributed by atoms with Gasteiger partial charge < -0.3 is 15.5 Å². The van der Waals surface area contributed by atoms with Gasteiger partial charge in [0.2, 0.25) is 0 Å². The van der Waals surface area contributed by atoms with Crippen LogP contribution in [-0.2, 0) is 16.6 Å².